The summed E-state index contributed by atoms with van der Waals surface area (Å²) in [4.78, 5) is 2.23. The van der Waals surface area contributed by atoms with Crippen molar-refractivity contribution in [1.82, 2.24) is 4.90 Å². The van der Waals surface area contributed by atoms with Crippen LogP contribution >= 0.6 is 0 Å². The summed E-state index contributed by atoms with van der Waals surface area (Å²) in [5.41, 5.74) is 5.41. The van der Waals surface area contributed by atoms with Gasteiger partial charge in [-0.1, -0.05) is 5.16 Å². The zero-order valence-electron chi connectivity index (χ0n) is 9.35. The Labute approximate surface area is 90.9 Å². The molecule has 1 fully saturated rings. The van der Waals surface area contributed by atoms with Gasteiger partial charge < -0.3 is 20.6 Å². The molecular formula is C10H21N3O2. The van der Waals surface area contributed by atoms with Gasteiger partial charge in [0, 0.05) is 32.7 Å². The maximum atomic E-state index is 8.40. The van der Waals surface area contributed by atoms with Crippen molar-refractivity contribution in [3.8, 4) is 0 Å². The van der Waals surface area contributed by atoms with Crippen molar-refractivity contribution in [2.45, 2.75) is 19.3 Å². The van der Waals surface area contributed by atoms with Crippen molar-refractivity contribution in [3.05, 3.63) is 0 Å². The molecule has 3 N–H and O–H groups in total. The van der Waals surface area contributed by atoms with E-state index in [1.54, 1.807) is 0 Å². The predicted molar refractivity (Wildman–Crippen MR) is 59.1 cm³/mol. The summed E-state index contributed by atoms with van der Waals surface area (Å²) in [7, 11) is 2.07. The van der Waals surface area contributed by atoms with Gasteiger partial charge in [0.15, 0.2) is 0 Å². The molecule has 0 amide bonds. The van der Waals surface area contributed by atoms with E-state index in [2.05, 4.69) is 17.1 Å². The van der Waals surface area contributed by atoms with E-state index in [-0.39, 0.29) is 0 Å². The highest BCUT2D eigenvalue weighted by Crippen LogP contribution is 2.15. The summed E-state index contributed by atoms with van der Waals surface area (Å²) in [6.07, 6.45) is 2.91. The fourth-order valence-electron chi connectivity index (χ4n) is 1.82. The van der Waals surface area contributed by atoms with Crippen LogP contribution < -0.4 is 5.73 Å². The number of ether oxygens (including phenoxy) is 1. The van der Waals surface area contributed by atoms with Crippen molar-refractivity contribution in [3.63, 3.8) is 0 Å². The van der Waals surface area contributed by atoms with Crippen LogP contribution in [0.25, 0.3) is 0 Å². The van der Waals surface area contributed by atoms with E-state index in [0.717, 1.165) is 45.1 Å². The molecule has 1 rings (SSSR count). The second kappa shape index (κ2) is 6.63. The van der Waals surface area contributed by atoms with Gasteiger partial charge in [-0.15, -0.1) is 0 Å². The number of hydrogen-bond donors (Lipinski definition) is 2. The maximum absolute atomic E-state index is 8.40. The zero-order valence-corrected chi connectivity index (χ0v) is 9.35. The molecule has 5 nitrogen and oxygen atoms in total. The lowest BCUT2D eigenvalue weighted by molar-refractivity contribution is 0.0560. The Morgan fingerprint density at radius 1 is 1.53 bits per heavy atom. The molecular weight excluding hydrogens is 194 g/mol. The first-order chi connectivity index (χ1) is 7.22. The highest BCUT2D eigenvalue weighted by atomic mass is 16.5. The Balaban J connectivity index is 2.14. The molecule has 0 spiro atoms. The topological polar surface area (TPSA) is 71.1 Å². The lowest BCUT2D eigenvalue weighted by Gasteiger charge is -2.26. The van der Waals surface area contributed by atoms with Crippen molar-refractivity contribution < 1.29 is 9.94 Å². The molecule has 0 unspecified atom stereocenters. The third-order valence-electron chi connectivity index (χ3n) is 2.79. The van der Waals surface area contributed by atoms with E-state index in [9.17, 15) is 0 Å². The second-order valence-electron chi connectivity index (χ2n) is 4.16. The fraction of sp³-hybridized carbons (Fsp3) is 0.900. The SMILES string of the molecule is CN(CCC(N)=NO)CC1CCOCC1. The van der Waals surface area contributed by atoms with Crippen molar-refractivity contribution in [1.29, 1.82) is 0 Å². The van der Waals surface area contributed by atoms with E-state index in [0.29, 0.717) is 12.3 Å². The van der Waals surface area contributed by atoms with Crippen LogP contribution in [0.2, 0.25) is 0 Å². The first-order valence-corrected chi connectivity index (χ1v) is 5.45. The van der Waals surface area contributed by atoms with Crippen molar-refractivity contribution in [2.24, 2.45) is 16.8 Å². The standard InChI is InChI=1S/C10H21N3O2/c1-13(5-2-10(11)12-14)8-9-3-6-15-7-4-9/h9,14H,2-8H2,1H3,(H2,11,12). The zero-order chi connectivity index (χ0) is 11.1. The lowest BCUT2D eigenvalue weighted by atomic mass is 10.00. The van der Waals surface area contributed by atoms with Gasteiger partial charge in [-0.25, -0.2) is 0 Å². The summed E-state index contributed by atoms with van der Waals surface area (Å²) in [5.74, 6) is 1.03. The average molecular weight is 215 g/mol. The van der Waals surface area contributed by atoms with E-state index in [1.165, 1.54) is 0 Å². The van der Waals surface area contributed by atoms with Gasteiger partial charge in [0.05, 0.1) is 0 Å². The van der Waals surface area contributed by atoms with Crippen LogP contribution in [0.4, 0.5) is 0 Å². The third kappa shape index (κ3) is 4.99. The number of hydrogen-bond acceptors (Lipinski definition) is 4. The van der Waals surface area contributed by atoms with Crippen LogP contribution in [-0.4, -0.2) is 49.3 Å². The van der Waals surface area contributed by atoms with Crippen molar-refractivity contribution >= 4 is 5.84 Å². The van der Waals surface area contributed by atoms with Gasteiger partial charge >= 0.3 is 0 Å². The van der Waals surface area contributed by atoms with Crippen LogP contribution in [0.3, 0.4) is 0 Å². The van der Waals surface area contributed by atoms with Gasteiger partial charge in [0.1, 0.15) is 5.84 Å². The maximum Gasteiger partial charge on any atom is 0.140 e. The van der Waals surface area contributed by atoms with Crippen LogP contribution in [0.1, 0.15) is 19.3 Å². The van der Waals surface area contributed by atoms with Crippen molar-refractivity contribution in [2.75, 3.05) is 33.4 Å². The molecule has 0 atom stereocenters. The third-order valence-corrected chi connectivity index (χ3v) is 2.79. The number of nitrogens with zero attached hydrogens (tertiary/aromatic N) is 2. The van der Waals surface area contributed by atoms with Crippen LogP contribution in [0, 0.1) is 5.92 Å². The number of oxime groups is 1. The van der Waals surface area contributed by atoms with Gasteiger partial charge in [0.25, 0.3) is 0 Å². The van der Waals surface area contributed by atoms with E-state index < -0.39 is 0 Å². The molecule has 0 saturated carbocycles. The molecule has 1 aliphatic heterocycles. The van der Waals surface area contributed by atoms with Crippen LogP contribution in [0.5, 0.6) is 0 Å². The summed E-state index contributed by atoms with van der Waals surface area (Å²) in [6.45, 7) is 3.69. The Bertz CT molecular complexity index is 203. The minimum absolute atomic E-state index is 0.300. The number of rotatable bonds is 5. The lowest BCUT2D eigenvalue weighted by Crippen LogP contribution is -2.32. The molecule has 1 aliphatic rings. The quantitative estimate of drug-likeness (QED) is 0.303. The largest absolute Gasteiger partial charge is 0.409 e. The predicted octanol–water partition coefficient (Wildman–Crippen LogP) is 0.481. The second-order valence-corrected chi connectivity index (χ2v) is 4.16. The van der Waals surface area contributed by atoms with Gasteiger partial charge in [0.2, 0.25) is 0 Å². The summed E-state index contributed by atoms with van der Waals surface area (Å²) < 4.78 is 5.31. The highest BCUT2D eigenvalue weighted by molar-refractivity contribution is 5.79. The van der Waals surface area contributed by atoms with Gasteiger partial charge in [-0.3, -0.25) is 0 Å². The Hall–Kier alpha value is -0.810. The number of amidine groups is 1. The van der Waals surface area contributed by atoms with Crippen LogP contribution in [-0.2, 0) is 4.74 Å². The average Bonchev–Trinajstić information content (AvgIpc) is 2.27. The minimum Gasteiger partial charge on any atom is -0.409 e. The molecule has 1 saturated heterocycles. The van der Waals surface area contributed by atoms with E-state index in [4.69, 9.17) is 15.7 Å². The Morgan fingerprint density at radius 3 is 2.80 bits per heavy atom. The smallest absolute Gasteiger partial charge is 0.140 e. The molecule has 1 heterocycles. The van der Waals surface area contributed by atoms with Gasteiger partial charge in [-0.05, 0) is 25.8 Å². The monoisotopic (exact) mass is 215 g/mol. The number of nitrogens with two attached hydrogens (primary N) is 1. The normalized spacial score (nSPS) is 19.7. The molecule has 88 valence electrons. The highest BCUT2D eigenvalue weighted by Gasteiger charge is 2.15. The molecule has 0 aromatic heterocycles. The first-order valence-electron chi connectivity index (χ1n) is 5.45. The Morgan fingerprint density at radius 2 is 2.20 bits per heavy atom. The minimum atomic E-state index is 0.300. The van der Waals surface area contributed by atoms with Gasteiger partial charge in [-0.2, -0.15) is 0 Å². The van der Waals surface area contributed by atoms with E-state index >= 15 is 0 Å². The Kier molecular flexibility index (Phi) is 5.42. The molecule has 5 heteroatoms. The molecule has 0 aromatic rings. The molecule has 0 radical (unpaired) electrons. The van der Waals surface area contributed by atoms with Crippen LogP contribution in [0.15, 0.2) is 5.16 Å². The van der Waals surface area contributed by atoms with E-state index in [1.807, 2.05) is 0 Å². The molecule has 0 aliphatic carbocycles. The first kappa shape index (κ1) is 12.3. The molecule has 15 heavy (non-hydrogen) atoms. The summed E-state index contributed by atoms with van der Waals surface area (Å²) >= 11 is 0. The fourth-order valence-corrected chi connectivity index (χ4v) is 1.82. The molecule has 0 aromatic carbocycles. The summed E-state index contributed by atoms with van der Waals surface area (Å²) in [5, 5.41) is 11.4. The molecule has 0 bridgehead atoms. The summed E-state index contributed by atoms with van der Waals surface area (Å²) in [6, 6.07) is 0.